The third kappa shape index (κ3) is 4.18. The van der Waals surface area contributed by atoms with E-state index in [-0.39, 0.29) is 12.5 Å². The number of nitrogens with zero attached hydrogens (tertiary/aromatic N) is 5. The number of fused-ring (bicyclic) bond motifs is 1. The van der Waals surface area contributed by atoms with Gasteiger partial charge < -0.3 is 5.32 Å². The molecule has 4 rings (SSSR count). The van der Waals surface area contributed by atoms with Crippen LogP contribution in [0.25, 0.3) is 21.5 Å². The third-order valence-electron chi connectivity index (χ3n) is 4.66. The van der Waals surface area contributed by atoms with Crippen LogP contribution in [0.2, 0.25) is 5.02 Å². The Kier molecular flexibility index (Phi) is 5.64. The van der Waals surface area contributed by atoms with Crippen LogP contribution < -0.4 is 5.32 Å². The maximum Gasteiger partial charge on any atom is 0.241 e. The van der Waals surface area contributed by atoms with Gasteiger partial charge in [-0.15, -0.1) is 11.3 Å². The quantitative estimate of drug-likeness (QED) is 0.454. The van der Waals surface area contributed by atoms with Crippen molar-refractivity contribution in [2.45, 2.75) is 33.4 Å². The highest BCUT2D eigenvalue weighted by Crippen LogP contribution is 2.32. The van der Waals surface area contributed by atoms with E-state index in [0.717, 1.165) is 34.4 Å². The number of pyridine rings is 1. The van der Waals surface area contributed by atoms with Crippen molar-refractivity contribution in [3.05, 3.63) is 52.4 Å². The summed E-state index contributed by atoms with van der Waals surface area (Å²) in [6, 6.07) is 6.10. The second-order valence-electron chi connectivity index (χ2n) is 6.81. The smallest absolute Gasteiger partial charge is 0.241 e. The molecule has 4 aromatic rings. The second kappa shape index (κ2) is 8.34. The number of carbonyl (C=O) groups excluding carboxylic acids is 1. The van der Waals surface area contributed by atoms with Gasteiger partial charge >= 0.3 is 0 Å². The van der Waals surface area contributed by atoms with Crippen LogP contribution in [0, 0.1) is 13.8 Å². The summed E-state index contributed by atoms with van der Waals surface area (Å²) in [7, 11) is 0. The molecular weight excluding hydrogens is 408 g/mol. The molecule has 29 heavy (non-hydrogen) atoms. The number of amides is 1. The molecular formula is C20H21ClN6OS. The number of carbonyl (C=O) groups is 1. The fraction of sp³-hybridized carbons (Fsp3) is 0.300. The predicted molar refractivity (Wildman–Crippen MR) is 115 cm³/mol. The van der Waals surface area contributed by atoms with Crippen molar-refractivity contribution >= 4 is 39.9 Å². The molecule has 0 bridgehead atoms. The van der Waals surface area contributed by atoms with Crippen LogP contribution in [0.1, 0.15) is 17.8 Å². The molecule has 0 saturated carbocycles. The lowest BCUT2D eigenvalue weighted by Gasteiger charge is -2.07. The summed E-state index contributed by atoms with van der Waals surface area (Å²) in [4.78, 5) is 18.0. The molecule has 0 radical (unpaired) electrons. The van der Waals surface area contributed by atoms with Crippen LogP contribution in [-0.2, 0) is 17.9 Å². The standard InChI is InChI=1S/C20H21ClN6OS/c1-13-16(21)11-26(24-13)9-4-7-22-18(28)12-27-20-19(14(2)25-27)15(6-8-23-20)17-5-3-10-29-17/h3,5-6,8,10-11H,4,7,9,12H2,1-2H3,(H,22,28). The molecule has 0 atom stereocenters. The molecule has 1 N–H and O–H groups in total. The fourth-order valence-electron chi connectivity index (χ4n) is 3.30. The minimum Gasteiger partial charge on any atom is -0.354 e. The van der Waals surface area contributed by atoms with Gasteiger partial charge in [0.1, 0.15) is 6.54 Å². The largest absolute Gasteiger partial charge is 0.354 e. The van der Waals surface area contributed by atoms with Crippen molar-refractivity contribution in [2.75, 3.05) is 6.54 Å². The first kappa shape index (κ1) is 19.6. The molecule has 150 valence electrons. The normalized spacial score (nSPS) is 11.3. The summed E-state index contributed by atoms with van der Waals surface area (Å²) >= 11 is 7.69. The van der Waals surface area contributed by atoms with Gasteiger partial charge in [0.15, 0.2) is 5.65 Å². The third-order valence-corrected chi connectivity index (χ3v) is 5.93. The van der Waals surface area contributed by atoms with Crippen molar-refractivity contribution in [3.8, 4) is 10.4 Å². The average Bonchev–Trinajstić information content (AvgIpc) is 3.41. The summed E-state index contributed by atoms with van der Waals surface area (Å²) in [5.74, 6) is -0.0904. The Morgan fingerprint density at radius 1 is 1.24 bits per heavy atom. The van der Waals surface area contributed by atoms with Gasteiger partial charge in [-0.1, -0.05) is 17.7 Å². The highest BCUT2D eigenvalue weighted by Gasteiger charge is 2.16. The van der Waals surface area contributed by atoms with E-state index in [4.69, 9.17) is 11.6 Å². The summed E-state index contributed by atoms with van der Waals surface area (Å²) in [6.07, 6.45) is 4.33. The number of thiophene rings is 1. The number of halogens is 1. The van der Waals surface area contributed by atoms with Crippen LogP contribution in [0.3, 0.4) is 0 Å². The number of aryl methyl sites for hydroxylation is 3. The summed E-state index contributed by atoms with van der Waals surface area (Å²) in [6.45, 7) is 5.21. The van der Waals surface area contributed by atoms with E-state index in [1.807, 2.05) is 31.4 Å². The highest BCUT2D eigenvalue weighted by molar-refractivity contribution is 7.13. The molecule has 0 aromatic carbocycles. The van der Waals surface area contributed by atoms with E-state index >= 15 is 0 Å². The molecule has 0 fully saturated rings. The van der Waals surface area contributed by atoms with Crippen LogP contribution in [0.15, 0.2) is 36.0 Å². The minimum absolute atomic E-state index is 0.0904. The zero-order chi connectivity index (χ0) is 20.4. The molecule has 0 aliphatic rings. The lowest BCUT2D eigenvalue weighted by atomic mass is 10.1. The van der Waals surface area contributed by atoms with Gasteiger partial charge in [-0.2, -0.15) is 10.2 Å². The number of rotatable bonds is 7. The number of hydrogen-bond acceptors (Lipinski definition) is 5. The van der Waals surface area contributed by atoms with Crippen molar-refractivity contribution < 1.29 is 4.79 Å². The van der Waals surface area contributed by atoms with E-state index < -0.39 is 0 Å². The monoisotopic (exact) mass is 428 g/mol. The maximum atomic E-state index is 12.4. The van der Waals surface area contributed by atoms with Gasteiger partial charge in [-0.05, 0) is 37.8 Å². The maximum absolute atomic E-state index is 12.4. The van der Waals surface area contributed by atoms with Crippen molar-refractivity contribution in [1.29, 1.82) is 0 Å². The van der Waals surface area contributed by atoms with Crippen molar-refractivity contribution in [1.82, 2.24) is 29.9 Å². The molecule has 0 unspecified atom stereocenters. The number of aromatic nitrogens is 5. The summed E-state index contributed by atoms with van der Waals surface area (Å²) < 4.78 is 3.47. The Labute approximate surface area is 177 Å². The highest BCUT2D eigenvalue weighted by atomic mass is 35.5. The van der Waals surface area contributed by atoms with E-state index in [9.17, 15) is 4.79 Å². The van der Waals surface area contributed by atoms with Gasteiger partial charge in [-0.25, -0.2) is 9.67 Å². The van der Waals surface area contributed by atoms with Gasteiger partial charge in [0.05, 0.1) is 21.8 Å². The first-order valence-corrected chi connectivity index (χ1v) is 10.6. The Morgan fingerprint density at radius 3 is 2.83 bits per heavy atom. The molecule has 0 saturated heterocycles. The topological polar surface area (TPSA) is 77.6 Å². The Hall–Kier alpha value is -2.71. The molecule has 4 aromatic heterocycles. The molecule has 1 amide bonds. The molecule has 4 heterocycles. The van der Waals surface area contributed by atoms with E-state index in [1.54, 1.807) is 33.1 Å². The number of hydrogen-bond donors (Lipinski definition) is 1. The summed E-state index contributed by atoms with van der Waals surface area (Å²) in [5, 5.41) is 15.5. The van der Waals surface area contributed by atoms with Gasteiger partial charge in [0, 0.05) is 35.9 Å². The van der Waals surface area contributed by atoms with E-state index in [0.29, 0.717) is 18.1 Å². The van der Waals surface area contributed by atoms with E-state index in [1.165, 1.54) is 4.88 Å². The van der Waals surface area contributed by atoms with Crippen molar-refractivity contribution in [2.24, 2.45) is 0 Å². The van der Waals surface area contributed by atoms with Crippen LogP contribution in [-0.4, -0.2) is 37.0 Å². The predicted octanol–water partition coefficient (Wildman–Crippen LogP) is 3.83. The van der Waals surface area contributed by atoms with Crippen LogP contribution >= 0.6 is 22.9 Å². The molecule has 0 aliphatic carbocycles. The molecule has 0 spiro atoms. The van der Waals surface area contributed by atoms with Crippen molar-refractivity contribution in [3.63, 3.8) is 0 Å². The Balaban J connectivity index is 1.40. The van der Waals surface area contributed by atoms with Gasteiger partial charge in [-0.3, -0.25) is 9.48 Å². The zero-order valence-electron chi connectivity index (χ0n) is 16.2. The Morgan fingerprint density at radius 2 is 2.10 bits per heavy atom. The first-order valence-electron chi connectivity index (χ1n) is 9.35. The van der Waals surface area contributed by atoms with Crippen LogP contribution in [0.4, 0.5) is 0 Å². The van der Waals surface area contributed by atoms with Gasteiger partial charge in [0.25, 0.3) is 0 Å². The summed E-state index contributed by atoms with van der Waals surface area (Å²) in [5.41, 5.74) is 3.51. The first-order chi connectivity index (χ1) is 14.0. The minimum atomic E-state index is -0.0904. The van der Waals surface area contributed by atoms with E-state index in [2.05, 4.69) is 26.6 Å². The van der Waals surface area contributed by atoms with Crippen LogP contribution in [0.5, 0.6) is 0 Å². The Bertz CT molecular complexity index is 1130. The lowest BCUT2D eigenvalue weighted by Crippen LogP contribution is -2.29. The molecule has 0 aliphatic heterocycles. The fourth-order valence-corrected chi connectivity index (χ4v) is 4.21. The van der Waals surface area contributed by atoms with Gasteiger partial charge in [0.2, 0.25) is 5.91 Å². The number of nitrogens with one attached hydrogen (secondary N) is 1. The molecule has 7 nitrogen and oxygen atoms in total. The second-order valence-corrected chi connectivity index (χ2v) is 8.16. The average molecular weight is 429 g/mol. The lowest BCUT2D eigenvalue weighted by molar-refractivity contribution is -0.121. The SMILES string of the molecule is Cc1nn(CCCNC(=O)Cn2nc(C)c3c(-c4cccs4)ccnc32)cc1Cl. The zero-order valence-corrected chi connectivity index (χ0v) is 17.8. The molecule has 9 heteroatoms.